The molecule has 0 fully saturated rings. The molecule has 0 unspecified atom stereocenters. The maximum Gasteiger partial charge on any atom is 0.144 e. The third-order valence-electron chi connectivity index (χ3n) is 3.19. The third-order valence-corrected chi connectivity index (χ3v) is 3.19. The molecule has 3 rings (SSSR count). The first kappa shape index (κ1) is 10.8. The minimum Gasteiger partial charge on any atom is -0.366 e. The molecule has 1 aliphatic carbocycles. The van der Waals surface area contributed by atoms with Gasteiger partial charge in [0.05, 0.1) is 11.1 Å². The average Bonchev–Trinajstić information content (AvgIpc) is 2.91. The fourth-order valence-corrected chi connectivity index (χ4v) is 2.24. The normalized spacial score (nSPS) is 14.8. The lowest BCUT2D eigenvalue weighted by Crippen LogP contribution is -2.17. The summed E-state index contributed by atoms with van der Waals surface area (Å²) in [5, 5.41) is 13.6. The van der Waals surface area contributed by atoms with Crippen molar-refractivity contribution in [3.05, 3.63) is 48.0 Å². The molecule has 0 amide bonds. The van der Waals surface area contributed by atoms with E-state index in [-0.39, 0.29) is 0 Å². The number of pyridine rings is 1. The fraction of sp³-hybridized carbons (Fsp3) is 0.200. The quantitative estimate of drug-likeness (QED) is 0.813. The summed E-state index contributed by atoms with van der Waals surface area (Å²) >= 11 is 0. The van der Waals surface area contributed by atoms with Crippen molar-refractivity contribution in [2.75, 3.05) is 5.32 Å². The van der Waals surface area contributed by atoms with Gasteiger partial charge in [-0.2, -0.15) is 5.26 Å². The van der Waals surface area contributed by atoms with Gasteiger partial charge in [-0.05, 0) is 25.0 Å². The van der Waals surface area contributed by atoms with Crippen molar-refractivity contribution in [1.82, 2.24) is 4.98 Å². The molecule has 3 heteroatoms. The summed E-state index contributed by atoms with van der Waals surface area (Å²) in [6, 6.07) is 12.3. The monoisotopic (exact) mass is 235 g/mol. The highest BCUT2D eigenvalue weighted by Crippen LogP contribution is 2.22. The topological polar surface area (TPSA) is 48.7 Å². The Kier molecular flexibility index (Phi) is 2.70. The molecule has 0 radical (unpaired) electrons. The summed E-state index contributed by atoms with van der Waals surface area (Å²) in [5.74, 6) is 0.699. The number of nitrogens with one attached hydrogen (secondary N) is 1. The van der Waals surface area contributed by atoms with Gasteiger partial charge in [-0.25, -0.2) is 4.98 Å². The molecule has 1 N–H and O–H groups in total. The van der Waals surface area contributed by atoms with E-state index in [1.807, 2.05) is 30.3 Å². The number of benzene rings is 1. The Morgan fingerprint density at radius 2 is 2.00 bits per heavy atom. The largest absolute Gasteiger partial charge is 0.366 e. The number of hydrogen-bond donors (Lipinski definition) is 1. The summed E-state index contributed by atoms with van der Waals surface area (Å²) in [5.41, 5.74) is 1.53. The molecular weight excluding hydrogens is 222 g/mol. The van der Waals surface area contributed by atoms with E-state index in [0.717, 1.165) is 23.7 Å². The minimum absolute atomic E-state index is 0.366. The van der Waals surface area contributed by atoms with Crippen LogP contribution in [0, 0.1) is 11.3 Å². The number of para-hydroxylation sites is 1. The molecule has 1 aliphatic rings. The Balaban J connectivity index is 2.01. The van der Waals surface area contributed by atoms with E-state index in [1.54, 1.807) is 0 Å². The first-order valence-corrected chi connectivity index (χ1v) is 6.08. The Bertz CT molecular complexity index is 644. The van der Waals surface area contributed by atoms with Crippen molar-refractivity contribution >= 4 is 16.7 Å². The molecular formula is C15H13N3. The molecule has 0 atom stereocenters. The van der Waals surface area contributed by atoms with Crippen LogP contribution >= 0.6 is 0 Å². The molecule has 0 aliphatic heterocycles. The van der Waals surface area contributed by atoms with Gasteiger partial charge in [-0.1, -0.05) is 30.4 Å². The zero-order chi connectivity index (χ0) is 12.4. The van der Waals surface area contributed by atoms with Crippen molar-refractivity contribution in [3.63, 3.8) is 0 Å². The van der Waals surface area contributed by atoms with Crippen molar-refractivity contribution in [2.45, 2.75) is 18.9 Å². The van der Waals surface area contributed by atoms with Crippen molar-refractivity contribution in [1.29, 1.82) is 5.26 Å². The lowest BCUT2D eigenvalue weighted by molar-refractivity contribution is 0.781. The average molecular weight is 235 g/mol. The second-order valence-corrected chi connectivity index (χ2v) is 4.47. The van der Waals surface area contributed by atoms with Crippen LogP contribution in [0.3, 0.4) is 0 Å². The molecule has 2 aromatic rings. The number of hydrogen-bond acceptors (Lipinski definition) is 3. The van der Waals surface area contributed by atoms with Crippen LogP contribution in [0.25, 0.3) is 10.9 Å². The number of nitrogens with zero attached hydrogens (tertiary/aromatic N) is 2. The summed E-state index contributed by atoms with van der Waals surface area (Å²) in [6.07, 6.45) is 6.31. The van der Waals surface area contributed by atoms with Crippen LogP contribution in [0.2, 0.25) is 0 Å². The van der Waals surface area contributed by atoms with Crippen LogP contribution in [0.15, 0.2) is 42.5 Å². The van der Waals surface area contributed by atoms with E-state index in [2.05, 4.69) is 28.5 Å². The Labute approximate surface area is 106 Å². The predicted octanol–water partition coefficient (Wildman–Crippen LogP) is 3.24. The maximum atomic E-state index is 9.21. The number of aromatic nitrogens is 1. The van der Waals surface area contributed by atoms with Gasteiger partial charge < -0.3 is 5.32 Å². The van der Waals surface area contributed by atoms with E-state index in [9.17, 15) is 5.26 Å². The van der Waals surface area contributed by atoms with Crippen molar-refractivity contribution < 1.29 is 0 Å². The lowest BCUT2D eigenvalue weighted by Gasteiger charge is -2.14. The van der Waals surface area contributed by atoms with Crippen LogP contribution in [-0.4, -0.2) is 11.0 Å². The van der Waals surface area contributed by atoms with Gasteiger partial charge in [0.15, 0.2) is 0 Å². The Hall–Kier alpha value is -2.34. The smallest absolute Gasteiger partial charge is 0.144 e. The van der Waals surface area contributed by atoms with Crippen molar-refractivity contribution in [3.8, 4) is 6.07 Å². The second kappa shape index (κ2) is 4.50. The van der Waals surface area contributed by atoms with E-state index < -0.39 is 0 Å². The first-order valence-electron chi connectivity index (χ1n) is 6.08. The van der Waals surface area contributed by atoms with Gasteiger partial charge in [0.1, 0.15) is 11.9 Å². The highest BCUT2D eigenvalue weighted by atomic mass is 15.0. The zero-order valence-corrected chi connectivity index (χ0v) is 9.93. The van der Waals surface area contributed by atoms with Crippen LogP contribution in [-0.2, 0) is 0 Å². The van der Waals surface area contributed by atoms with Crippen LogP contribution in [0.1, 0.15) is 18.4 Å². The first-order chi connectivity index (χ1) is 8.86. The molecule has 0 spiro atoms. The molecule has 1 aromatic heterocycles. The number of rotatable bonds is 2. The molecule has 3 nitrogen and oxygen atoms in total. The fourth-order valence-electron chi connectivity index (χ4n) is 2.24. The molecule has 0 bridgehead atoms. The van der Waals surface area contributed by atoms with Crippen LogP contribution in [0.4, 0.5) is 5.82 Å². The number of fused-ring (bicyclic) bond motifs is 1. The van der Waals surface area contributed by atoms with Gasteiger partial charge in [-0.15, -0.1) is 0 Å². The number of anilines is 1. The van der Waals surface area contributed by atoms with Crippen molar-refractivity contribution in [2.24, 2.45) is 0 Å². The molecule has 0 saturated carbocycles. The third kappa shape index (κ3) is 1.93. The van der Waals surface area contributed by atoms with E-state index in [4.69, 9.17) is 0 Å². The van der Waals surface area contributed by atoms with Gasteiger partial charge in [0.2, 0.25) is 0 Å². The lowest BCUT2D eigenvalue weighted by atomic mass is 10.1. The Morgan fingerprint density at radius 3 is 2.78 bits per heavy atom. The summed E-state index contributed by atoms with van der Waals surface area (Å²) < 4.78 is 0. The standard InChI is InChI=1S/C15H13N3/c16-10-12-9-11-5-1-4-8-14(11)18-15(12)17-13-6-2-3-7-13/h1-5,8-9,13H,6-7H2,(H,17,18). The molecule has 18 heavy (non-hydrogen) atoms. The highest BCUT2D eigenvalue weighted by molar-refractivity contribution is 5.82. The maximum absolute atomic E-state index is 9.21. The van der Waals surface area contributed by atoms with Gasteiger partial charge >= 0.3 is 0 Å². The van der Waals surface area contributed by atoms with E-state index in [1.165, 1.54) is 0 Å². The molecule has 1 heterocycles. The second-order valence-electron chi connectivity index (χ2n) is 4.47. The van der Waals surface area contributed by atoms with Crippen LogP contribution in [0.5, 0.6) is 0 Å². The number of nitriles is 1. The van der Waals surface area contributed by atoms with E-state index >= 15 is 0 Å². The Morgan fingerprint density at radius 1 is 1.22 bits per heavy atom. The van der Waals surface area contributed by atoms with E-state index in [0.29, 0.717) is 17.4 Å². The summed E-state index contributed by atoms with van der Waals surface area (Å²) in [7, 11) is 0. The summed E-state index contributed by atoms with van der Waals surface area (Å²) in [6.45, 7) is 0. The van der Waals surface area contributed by atoms with Gasteiger partial charge in [0.25, 0.3) is 0 Å². The summed E-state index contributed by atoms with van der Waals surface area (Å²) in [4.78, 5) is 4.55. The predicted molar refractivity (Wildman–Crippen MR) is 72.2 cm³/mol. The highest BCUT2D eigenvalue weighted by Gasteiger charge is 2.13. The van der Waals surface area contributed by atoms with Gasteiger partial charge in [-0.3, -0.25) is 0 Å². The minimum atomic E-state index is 0.366. The molecule has 1 aromatic carbocycles. The molecule has 0 saturated heterocycles. The molecule has 88 valence electrons. The van der Waals surface area contributed by atoms with Crippen LogP contribution < -0.4 is 5.32 Å². The zero-order valence-electron chi connectivity index (χ0n) is 9.93. The van der Waals surface area contributed by atoms with Gasteiger partial charge in [0, 0.05) is 11.4 Å². The SMILES string of the molecule is N#Cc1cc2ccccc2nc1NC1CC=CC1.